The topological polar surface area (TPSA) is 59.6 Å². The van der Waals surface area contributed by atoms with Crippen LogP contribution in [-0.4, -0.2) is 26.2 Å². The van der Waals surface area contributed by atoms with Crippen molar-refractivity contribution in [2.24, 2.45) is 5.92 Å². The van der Waals surface area contributed by atoms with Crippen LogP contribution in [0.5, 0.6) is 11.5 Å². The van der Waals surface area contributed by atoms with Crippen LogP contribution in [0.25, 0.3) is 0 Å². The number of anilines is 2. The zero-order valence-corrected chi connectivity index (χ0v) is 11.2. The average Bonchev–Trinajstić information content (AvgIpc) is 3.22. The summed E-state index contributed by atoms with van der Waals surface area (Å²) in [4.78, 5) is 11.9. The molecular weight excluding hydrogens is 244 g/mol. The van der Waals surface area contributed by atoms with Crippen LogP contribution in [-0.2, 0) is 4.79 Å². The summed E-state index contributed by atoms with van der Waals surface area (Å²) in [5.41, 5.74) is 1.66. The maximum atomic E-state index is 11.9. The molecule has 1 saturated carbocycles. The lowest BCUT2D eigenvalue weighted by molar-refractivity contribution is -0.116. The molecule has 2 aliphatic rings. The van der Waals surface area contributed by atoms with E-state index in [1.54, 1.807) is 20.3 Å². The fourth-order valence-electron chi connectivity index (χ4n) is 2.54. The van der Waals surface area contributed by atoms with Gasteiger partial charge in [-0.2, -0.15) is 0 Å². The molecule has 102 valence electrons. The standard InChI is InChI=1S/C14H18N2O3/c1-18-12-5-10-11(6-13(12)19-2)16-14(17)7-9(15-10)8-3-4-8/h5-6,8-9,15H,3-4,7H2,1-2H3,(H,16,17). The van der Waals surface area contributed by atoms with Crippen LogP contribution in [0.15, 0.2) is 12.1 Å². The summed E-state index contributed by atoms with van der Waals surface area (Å²) in [6.45, 7) is 0. The Kier molecular flexibility index (Phi) is 2.97. The molecule has 1 aliphatic carbocycles. The van der Waals surface area contributed by atoms with Crippen molar-refractivity contribution in [3.63, 3.8) is 0 Å². The van der Waals surface area contributed by atoms with Gasteiger partial charge in [-0.15, -0.1) is 0 Å². The van der Waals surface area contributed by atoms with Crippen molar-refractivity contribution >= 4 is 17.3 Å². The number of methoxy groups -OCH3 is 2. The molecule has 0 saturated heterocycles. The van der Waals surface area contributed by atoms with Gasteiger partial charge in [-0.25, -0.2) is 0 Å². The summed E-state index contributed by atoms with van der Waals surface area (Å²) in [5.74, 6) is 1.95. The Morgan fingerprint density at radius 3 is 2.32 bits per heavy atom. The van der Waals surface area contributed by atoms with Crippen molar-refractivity contribution in [1.82, 2.24) is 0 Å². The third-order valence-electron chi connectivity index (χ3n) is 3.74. The van der Waals surface area contributed by atoms with Gasteiger partial charge in [0.1, 0.15) is 0 Å². The molecular formula is C14H18N2O3. The number of carbonyl (C=O) groups is 1. The SMILES string of the molecule is COc1cc2c(cc1OC)NC(C1CC1)CC(=O)N2. The van der Waals surface area contributed by atoms with Gasteiger partial charge >= 0.3 is 0 Å². The predicted molar refractivity (Wildman–Crippen MR) is 72.9 cm³/mol. The van der Waals surface area contributed by atoms with Gasteiger partial charge in [0.05, 0.1) is 25.6 Å². The summed E-state index contributed by atoms with van der Waals surface area (Å²) >= 11 is 0. The van der Waals surface area contributed by atoms with Crippen molar-refractivity contribution in [2.45, 2.75) is 25.3 Å². The van der Waals surface area contributed by atoms with Crippen LogP contribution in [0.1, 0.15) is 19.3 Å². The highest BCUT2D eigenvalue weighted by Crippen LogP contribution is 2.42. The zero-order chi connectivity index (χ0) is 13.4. The second-order valence-electron chi connectivity index (χ2n) is 5.09. The van der Waals surface area contributed by atoms with Crippen LogP contribution in [0, 0.1) is 5.92 Å². The third-order valence-corrected chi connectivity index (χ3v) is 3.74. The van der Waals surface area contributed by atoms with E-state index in [0.29, 0.717) is 23.8 Å². The molecule has 1 heterocycles. The van der Waals surface area contributed by atoms with Gasteiger partial charge in [0.15, 0.2) is 11.5 Å². The van der Waals surface area contributed by atoms with E-state index < -0.39 is 0 Å². The number of hydrogen-bond acceptors (Lipinski definition) is 4. The first-order valence-corrected chi connectivity index (χ1v) is 6.53. The minimum Gasteiger partial charge on any atom is -0.493 e. The summed E-state index contributed by atoms with van der Waals surface area (Å²) in [6.07, 6.45) is 2.92. The van der Waals surface area contributed by atoms with Gasteiger partial charge < -0.3 is 20.1 Å². The van der Waals surface area contributed by atoms with Gasteiger partial charge in [-0.1, -0.05) is 0 Å². The average molecular weight is 262 g/mol. The van der Waals surface area contributed by atoms with E-state index in [1.165, 1.54) is 12.8 Å². The van der Waals surface area contributed by atoms with Gasteiger partial charge in [0.25, 0.3) is 0 Å². The Balaban J connectivity index is 1.98. The molecule has 1 unspecified atom stereocenters. The van der Waals surface area contributed by atoms with E-state index in [4.69, 9.17) is 9.47 Å². The summed E-state index contributed by atoms with van der Waals surface area (Å²) < 4.78 is 10.6. The monoisotopic (exact) mass is 262 g/mol. The summed E-state index contributed by atoms with van der Waals surface area (Å²) in [5, 5.41) is 6.38. The first-order chi connectivity index (χ1) is 9.21. The number of rotatable bonds is 3. The largest absolute Gasteiger partial charge is 0.493 e. The molecule has 0 spiro atoms. The Morgan fingerprint density at radius 2 is 1.74 bits per heavy atom. The second kappa shape index (κ2) is 4.64. The predicted octanol–water partition coefficient (Wildman–Crippen LogP) is 2.24. The van der Waals surface area contributed by atoms with Crippen molar-refractivity contribution in [3.05, 3.63) is 12.1 Å². The van der Waals surface area contributed by atoms with E-state index in [2.05, 4.69) is 10.6 Å². The molecule has 1 aliphatic heterocycles. The van der Waals surface area contributed by atoms with Crippen LogP contribution in [0.2, 0.25) is 0 Å². The van der Waals surface area contributed by atoms with Gasteiger partial charge in [-0.05, 0) is 18.8 Å². The van der Waals surface area contributed by atoms with Crippen molar-refractivity contribution < 1.29 is 14.3 Å². The number of amides is 1. The van der Waals surface area contributed by atoms with Crippen molar-refractivity contribution in [2.75, 3.05) is 24.9 Å². The normalized spacial score (nSPS) is 21.8. The molecule has 0 bridgehead atoms. The maximum absolute atomic E-state index is 11.9. The molecule has 1 fully saturated rings. The first kappa shape index (κ1) is 12.1. The highest BCUT2D eigenvalue weighted by molar-refractivity contribution is 5.97. The van der Waals surface area contributed by atoms with Gasteiger partial charge in [0, 0.05) is 24.6 Å². The molecule has 0 radical (unpaired) electrons. The number of ether oxygens (including phenoxy) is 2. The van der Waals surface area contributed by atoms with E-state index in [0.717, 1.165) is 11.4 Å². The molecule has 2 N–H and O–H groups in total. The number of fused-ring (bicyclic) bond motifs is 1. The Hall–Kier alpha value is -1.91. The number of benzene rings is 1. The molecule has 1 amide bonds. The van der Waals surface area contributed by atoms with Crippen LogP contribution in [0.3, 0.4) is 0 Å². The summed E-state index contributed by atoms with van der Waals surface area (Å²) in [7, 11) is 3.20. The van der Waals surface area contributed by atoms with Crippen LogP contribution < -0.4 is 20.1 Å². The maximum Gasteiger partial charge on any atom is 0.226 e. The van der Waals surface area contributed by atoms with E-state index >= 15 is 0 Å². The molecule has 1 aromatic carbocycles. The lowest BCUT2D eigenvalue weighted by atomic mass is 10.1. The molecule has 5 heteroatoms. The smallest absolute Gasteiger partial charge is 0.226 e. The molecule has 5 nitrogen and oxygen atoms in total. The van der Waals surface area contributed by atoms with Crippen LogP contribution >= 0.6 is 0 Å². The minimum atomic E-state index is 0.0513. The third kappa shape index (κ3) is 2.32. The van der Waals surface area contributed by atoms with E-state index in [9.17, 15) is 4.79 Å². The Morgan fingerprint density at radius 1 is 1.11 bits per heavy atom. The zero-order valence-electron chi connectivity index (χ0n) is 11.2. The lowest BCUT2D eigenvalue weighted by Crippen LogP contribution is -2.24. The molecule has 1 aromatic rings. The Bertz CT molecular complexity index is 512. The number of carbonyl (C=O) groups excluding carboxylic acids is 1. The number of hydrogen-bond donors (Lipinski definition) is 2. The highest BCUT2D eigenvalue weighted by Gasteiger charge is 2.35. The fourth-order valence-corrected chi connectivity index (χ4v) is 2.54. The fraction of sp³-hybridized carbons (Fsp3) is 0.500. The molecule has 0 aromatic heterocycles. The van der Waals surface area contributed by atoms with Gasteiger partial charge in [0.2, 0.25) is 5.91 Å². The van der Waals surface area contributed by atoms with Crippen LogP contribution in [0.4, 0.5) is 11.4 Å². The molecule has 19 heavy (non-hydrogen) atoms. The van der Waals surface area contributed by atoms with Gasteiger partial charge in [-0.3, -0.25) is 4.79 Å². The van der Waals surface area contributed by atoms with E-state index in [-0.39, 0.29) is 11.9 Å². The number of nitrogens with one attached hydrogen (secondary N) is 2. The molecule has 1 atom stereocenters. The quantitative estimate of drug-likeness (QED) is 0.877. The summed E-state index contributed by atoms with van der Waals surface area (Å²) in [6, 6.07) is 3.91. The van der Waals surface area contributed by atoms with E-state index in [1.807, 2.05) is 6.07 Å². The van der Waals surface area contributed by atoms with Crippen molar-refractivity contribution in [1.29, 1.82) is 0 Å². The minimum absolute atomic E-state index is 0.0513. The lowest BCUT2D eigenvalue weighted by Gasteiger charge is -2.17. The van der Waals surface area contributed by atoms with Crippen molar-refractivity contribution in [3.8, 4) is 11.5 Å². The second-order valence-corrected chi connectivity index (χ2v) is 5.09. The first-order valence-electron chi connectivity index (χ1n) is 6.53. The highest BCUT2D eigenvalue weighted by atomic mass is 16.5. The molecule has 3 rings (SSSR count). The Labute approximate surface area is 112 Å².